The highest BCUT2D eigenvalue weighted by Gasteiger charge is 2.15. The standard InChI is InChI=1S/C16H20N2O4/c1-12-8-9-14(18(20)21)13(11-12)7-5-6-10-17-15(19)22-16(2,3)4/h8-9,11H,6,10H2,1-4H3,(H,17,19). The number of nitro benzene ring substituents is 1. The second-order valence-electron chi connectivity index (χ2n) is 5.76. The molecule has 0 fully saturated rings. The van der Waals surface area contributed by atoms with Crippen molar-refractivity contribution in [3.05, 3.63) is 39.4 Å². The van der Waals surface area contributed by atoms with E-state index in [1.54, 1.807) is 32.9 Å². The Balaban J connectivity index is 2.57. The Hall–Kier alpha value is -2.55. The Morgan fingerprint density at radius 1 is 1.41 bits per heavy atom. The number of nitrogens with zero attached hydrogens (tertiary/aromatic N) is 1. The molecule has 22 heavy (non-hydrogen) atoms. The lowest BCUT2D eigenvalue weighted by atomic mass is 10.1. The number of carbonyl (C=O) groups excluding carboxylic acids is 1. The molecule has 0 saturated carbocycles. The monoisotopic (exact) mass is 304 g/mol. The van der Waals surface area contributed by atoms with Gasteiger partial charge in [-0.2, -0.15) is 0 Å². The van der Waals surface area contributed by atoms with Crippen molar-refractivity contribution in [1.29, 1.82) is 0 Å². The fourth-order valence-corrected chi connectivity index (χ4v) is 1.61. The van der Waals surface area contributed by atoms with E-state index in [1.165, 1.54) is 6.07 Å². The maximum Gasteiger partial charge on any atom is 0.407 e. The molecule has 6 heteroatoms. The number of carbonyl (C=O) groups is 1. The van der Waals surface area contributed by atoms with Crippen molar-refractivity contribution in [2.45, 2.75) is 39.7 Å². The van der Waals surface area contributed by atoms with Gasteiger partial charge in [0.2, 0.25) is 0 Å². The second kappa shape index (κ2) is 7.46. The summed E-state index contributed by atoms with van der Waals surface area (Å²) in [6, 6.07) is 4.79. The lowest BCUT2D eigenvalue weighted by Gasteiger charge is -2.19. The summed E-state index contributed by atoms with van der Waals surface area (Å²) in [5, 5.41) is 13.5. The number of benzene rings is 1. The van der Waals surface area contributed by atoms with Crippen LogP contribution >= 0.6 is 0 Å². The predicted octanol–water partition coefficient (Wildman–Crippen LogP) is 3.17. The van der Waals surface area contributed by atoms with E-state index in [9.17, 15) is 14.9 Å². The van der Waals surface area contributed by atoms with Crippen LogP contribution in [0.15, 0.2) is 18.2 Å². The molecular weight excluding hydrogens is 284 g/mol. The summed E-state index contributed by atoms with van der Waals surface area (Å²) in [5.41, 5.74) is 0.722. The van der Waals surface area contributed by atoms with E-state index in [0.717, 1.165) is 5.56 Å². The number of rotatable bonds is 3. The molecule has 0 aliphatic rings. The van der Waals surface area contributed by atoms with E-state index in [1.807, 2.05) is 6.92 Å². The van der Waals surface area contributed by atoms with E-state index >= 15 is 0 Å². The topological polar surface area (TPSA) is 81.5 Å². The Morgan fingerprint density at radius 2 is 2.09 bits per heavy atom. The van der Waals surface area contributed by atoms with Gasteiger partial charge in [-0.15, -0.1) is 0 Å². The van der Waals surface area contributed by atoms with Crippen LogP contribution in [0.5, 0.6) is 0 Å². The van der Waals surface area contributed by atoms with Gasteiger partial charge in [-0.25, -0.2) is 4.79 Å². The van der Waals surface area contributed by atoms with E-state index in [-0.39, 0.29) is 5.69 Å². The van der Waals surface area contributed by atoms with Crippen molar-refractivity contribution >= 4 is 11.8 Å². The van der Waals surface area contributed by atoms with Crippen molar-refractivity contribution in [2.75, 3.05) is 6.54 Å². The molecule has 0 bridgehead atoms. The van der Waals surface area contributed by atoms with Gasteiger partial charge in [0.05, 0.1) is 4.92 Å². The molecule has 1 N–H and O–H groups in total. The first-order valence-electron chi connectivity index (χ1n) is 6.90. The van der Waals surface area contributed by atoms with Gasteiger partial charge < -0.3 is 10.1 Å². The number of aryl methyl sites for hydroxylation is 1. The maximum absolute atomic E-state index is 11.4. The highest BCUT2D eigenvalue weighted by atomic mass is 16.6. The largest absolute Gasteiger partial charge is 0.444 e. The molecule has 6 nitrogen and oxygen atoms in total. The van der Waals surface area contributed by atoms with Crippen molar-refractivity contribution in [3.8, 4) is 11.8 Å². The van der Waals surface area contributed by atoms with Crippen LogP contribution in [0.3, 0.4) is 0 Å². The van der Waals surface area contributed by atoms with Crippen molar-refractivity contribution < 1.29 is 14.5 Å². The van der Waals surface area contributed by atoms with E-state index < -0.39 is 16.6 Å². The zero-order valence-corrected chi connectivity index (χ0v) is 13.2. The second-order valence-corrected chi connectivity index (χ2v) is 5.76. The van der Waals surface area contributed by atoms with Gasteiger partial charge in [0, 0.05) is 19.0 Å². The molecule has 0 aliphatic heterocycles. The number of amides is 1. The smallest absolute Gasteiger partial charge is 0.407 e. The zero-order valence-electron chi connectivity index (χ0n) is 13.2. The van der Waals surface area contributed by atoms with Crippen molar-refractivity contribution in [3.63, 3.8) is 0 Å². The zero-order chi connectivity index (χ0) is 16.8. The number of hydrogen-bond donors (Lipinski definition) is 1. The molecule has 1 rings (SSSR count). The molecular formula is C16H20N2O4. The van der Waals surface area contributed by atoms with Crippen LogP contribution in [0.4, 0.5) is 10.5 Å². The average molecular weight is 304 g/mol. The first kappa shape index (κ1) is 17.5. The highest BCUT2D eigenvalue weighted by Crippen LogP contribution is 2.18. The molecule has 1 amide bonds. The Morgan fingerprint density at radius 3 is 2.68 bits per heavy atom. The van der Waals surface area contributed by atoms with E-state index in [2.05, 4.69) is 17.2 Å². The molecule has 0 atom stereocenters. The first-order valence-corrected chi connectivity index (χ1v) is 6.90. The molecule has 0 radical (unpaired) electrons. The first-order chi connectivity index (χ1) is 10.2. The van der Waals surface area contributed by atoms with Crippen molar-refractivity contribution in [1.82, 2.24) is 5.32 Å². The molecule has 118 valence electrons. The Labute approximate surface area is 130 Å². The SMILES string of the molecule is Cc1ccc([N+](=O)[O-])c(C#CCCNC(=O)OC(C)(C)C)c1. The quantitative estimate of drug-likeness (QED) is 0.402. The van der Waals surface area contributed by atoms with Crippen LogP contribution in [0, 0.1) is 28.9 Å². The third kappa shape index (κ3) is 6.27. The summed E-state index contributed by atoms with van der Waals surface area (Å²) in [6.07, 6.45) is -0.125. The number of hydrogen-bond acceptors (Lipinski definition) is 4. The molecule has 1 aromatic rings. The minimum Gasteiger partial charge on any atom is -0.444 e. The third-order valence-electron chi connectivity index (χ3n) is 2.49. The molecule has 0 saturated heterocycles. The summed E-state index contributed by atoms with van der Waals surface area (Å²) >= 11 is 0. The summed E-state index contributed by atoms with van der Waals surface area (Å²) < 4.78 is 5.08. The predicted molar refractivity (Wildman–Crippen MR) is 83.6 cm³/mol. The van der Waals surface area contributed by atoms with Gasteiger partial charge in [-0.3, -0.25) is 10.1 Å². The number of nitrogens with one attached hydrogen (secondary N) is 1. The lowest BCUT2D eigenvalue weighted by molar-refractivity contribution is -0.385. The van der Waals surface area contributed by atoms with Crippen LogP contribution in [0.25, 0.3) is 0 Å². The summed E-state index contributed by atoms with van der Waals surface area (Å²) in [6.45, 7) is 7.51. The van der Waals surface area contributed by atoms with Crippen LogP contribution in [-0.2, 0) is 4.74 Å². The molecule has 0 spiro atoms. The number of nitro groups is 1. The van der Waals surface area contributed by atoms with E-state index in [0.29, 0.717) is 18.5 Å². The van der Waals surface area contributed by atoms with E-state index in [4.69, 9.17) is 4.74 Å². The Bertz CT molecular complexity index is 621. The van der Waals surface area contributed by atoms with Gasteiger partial charge in [0.15, 0.2) is 0 Å². The summed E-state index contributed by atoms with van der Waals surface area (Å²) in [5.74, 6) is 5.59. The van der Waals surface area contributed by atoms with Gasteiger partial charge in [-0.1, -0.05) is 17.9 Å². The molecule has 0 unspecified atom stereocenters. The molecule has 0 aliphatic carbocycles. The van der Waals surface area contributed by atoms with Crippen LogP contribution < -0.4 is 5.32 Å². The van der Waals surface area contributed by atoms with Gasteiger partial charge in [0.25, 0.3) is 5.69 Å². The average Bonchev–Trinajstić information content (AvgIpc) is 2.35. The third-order valence-corrected chi connectivity index (χ3v) is 2.49. The summed E-state index contributed by atoms with van der Waals surface area (Å²) in [4.78, 5) is 21.9. The minimum absolute atomic E-state index is 0.0156. The minimum atomic E-state index is -0.544. The van der Waals surface area contributed by atoms with Crippen LogP contribution in [0.1, 0.15) is 38.3 Å². The molecule has 1 aromatic carbocycles. The molecule has 0 heterocycles. The van der Waals surface area contributed by atoms with Gasteiger partial charge in [0.1, 0.15) is 11.2 Å². The fourth-order valence-electron chi connectivity index (χ4n) is 1.61. The number of alkyl carbamates (subject to hydrolysis) is 1. The lowest BCUT2D eigenvalue weighted by Crippen LogP contribution is -2.32. The van der Waals surface area contributed by atoms with Crippen LogP contribution in [0.2, 0.25) is 0 Å². The van der Waals surface area contributed by atoms with Crippen molar-refractivity contribution in [2.24, 2.45) is 0 Å². The summed E-state index contributed by atoms with van der Waals surface area (Å²) in [7, 11) is 0. The van der Waals surface area contributed by atoms with Crippen LogP contribution in [-0.4, -0.2) is 23.2 Å². The fraction of sp³-hybridized carbons (Fsp3) is 0.438. The maximum atomic E-state index is 11.4. The van der Waals surface area contributed by atoms with Gasteiger partial charge in [-0.05, 0) is 39.3 Å². The van der Waals surface area contributed by atoms with Gasteiger partial charge >= 0.3 is 6.09 Å². The number of ether oxygens (including phenoxy) is 1. The molecule has 0 aromatic heterocycles. The highest BCUT2D eigenvalue weighted by molar-refractivity contribution is 5.67. The Kier molecular flexibility index (Phi) is 5.93. The normalized spacial score (nSPS) is 10.4.